The average Bonchev–Trinajstić information content (AvgIpc) is 2.21. The molecule has 0 aliphatic carbocycles. The Bertz CT molecular complexity index is 2530. The maximum atomic E-state index is 13.9. The average molecular weight is 1340 g/mol. The second-order valence-corrected chi connectivity index (χ2v) is 20.9. The Morgan fingerprint density at radius 2 is 0.430 bits per heavy atom. The van der Waals surface area contributed by atoms with Crippen molar-refractivity contribution in [2.24, 2.45) is 28.7 Å². The Labute approximate surface area is 531 Å². The lowest BCUT2D eigenvalue weighted by Crippen LogP contribution is -2.62. The van der Waals surface area contributed by atoms with Crippen molar-refractivity contribution in [1.82, 2.24) is 58.5 Å². The number of unbranched alkanes of at least 4 members (excludes halogenated alkanes) is 4. The number of hydrogen-bond donors (Lipinski definition) is 25. The maximum absolute atomic E-state index is 13.9. The third-order valence-electron chi connectivity index (χ3n) is 13.3. The first-order valence-electron chi connectivity index (χ1n) is 29.3. The topological polar surface area (TPSA) is 718 Å². The molecule has 30 N–H and O–H groups in total. The summed E-state index contributed by atoms with van der Waals surface area (Å²) in [6.07, 6.45) is -4.19. The van der Waals surface area contributed by atoms with Crippen molar-refractivity contribution in [3.63, 3.8) is 0 Å². The van der Waals surface area contributed by atoms with Crippen molar-refractivity contribution in [3.8, 4) is 0 Å². The summed E-state index contributed by atoms with van der Waals surface area (Å²) in [7, 11) is 0. The zero-order chi connectivity index (χ0) is 70.9. The van der Waals surface area contributed by atoms with E-state index in [0.717, 1.165) is 0 Å². The summed E-state index contributed by atoms with van der Waals surface area (Å²) in [6.45, 7) is -4.25. The fraction of sp³-hybridized carbons (Fsp3) is 0.692. The molecule has 0 unspecified atom stereocenters. The SMILES string of the molecule is NCCCC[C@H](NC(=O)[C@H](CO)NC(=O)[C@H](CC(=O)O)NC(=O)[C@H](CCCCN)NC(=O)[C@H](CO)NC(=O)[C@H](CC(=O)O)NC(=O)[C@H](CCCCN)NC(=O)[C@H](CO)NC(=O)[C@H](CC(=O)O)NC(=O)[C@H](CCCCN)NC(=O)[C@@H](N)CO)C(=O)N[C@@H](CC(=O)O)C(=O)O. The number of aliphatic hydroxyl groups is 4. The third-order valence-corrected chi connectivity index (χ3v) is 13.3. The van der Waals surface area contributed by atoms with Gasteiger partial charge in [0.2, 0.25) is 65.0 Å². The van der Waals surface area contributed by atoms with Gasteiger partial charge in [0.05, 0.1) is 52.1 Å². The highest BCUT2D eigenvalue weighted by Gasteiger charge is 2.38. The quantitative estimate of drug-likeness (QED) is 0.0252. The van der Waals surface area contributed by atoms with Crippen LogP contribution in [-0.4, -0.2) is 266 Å². The molecule has 528 valence electrons. The van der Waals surface area contributed by atoms with E-state index < -0.39 is 219 Å². The summed E-state index contributed by atoms with van der Waals surface area (Å²) in [5, 5.41) is 111. The van der Waals surface area contributed by atoms with Gasteiger partial charge >= 0.3 is 29.8 Å². The normalized spacial score (nSPS) is 14.8. The first-order chi connectivity index (χ1) is 43.9. The number of nitrogens with two attached hydrogens (primary N) is 5. The predicted octanol–water partition coefficient (Wildman–Crippen LogP) is -11.9. The van der Waals surface area contributed by atoms with Crippen LogP contribution < -0.4 is 87.2 Å². The van der Waals surface area contributed by atoms with Crippen LogP contribution in [0.3, 0.4) is 0 Å². The van der Waals surface area contributed by atoms with Crippen molar-refractivity contribution >= 4 is 94.8 Å². The molecule has 41 nitrogen and oxygen atoms in total. The Hall–Kier alpha value is -8.84. The molecule has 11 amide bonds. The zero-order valence-electron chi connectivity index (χ0n) is 50.8. The zero-order valence-corrected chi connectivity index (χ0v) is 50.8. The van der Waals surface area contributed by atoms with Crippen LogP contribution in [0.2, 0.25) is 0 Å². The van der Waals surface area contributed by atoms with Crippen LogP contribution in [0.1, 0.15) is 103 Å². The molecule has 0 aliphatic heterocycles. The summed E-state index contributed by atoms with van der Waals surface area (Å²) in [5.74, 6) is -22.7. The Balaban J connectivity index is 6.72. The summed E-state index contributed by atoms with van der Waals surface area (Å²) in [4.78, 5) is 207. The standard InChI is InChI=1S/C52H90N16O25/c53-13-5-1-9-26(58-41(81)25(57)21-69)42(82)62-30(17-37(73)74)46(86)66-34(22-70)49(89)59-27(10-2-6-14-54)43(83)63-31(18-38(75)76)47(87)67-35(23-71)50(90)60-28(11-3-7-15-55)44(84)64-32(19-39(77)78)48(88)68-36(24-72)51(91)61-29(12-4-8-16-56)45(85)65-33(52(92)93)20-40(79)80/h25-36,69-72H,1-24,53-57H2,(H,58,81)(H,59,89)(H,60,90)(H,61,91)(H,62,82)(H,63,83)(H,64,84)(H,65,85)(H,66,86)(H,67,87)(H,68,88)(H,73,74)(H,75,76)(H,77,78)(H,79,80)(H,92,93)/t25-,26-,27-,28-,29-,30-,31-,32-,33-,34-,35-,36-/m0/s1. The molecule has 41 heteroatoms. The van der Waals surface area contributed by atoms with Crippen LogP contribution in [0.5, 0.6) is 0 Å². The highest BCUT2D eigenvalue weighted by atomic mass is 16.4. The predicted molar refractivity (Wildman–Crippen MR) is 316 cm³/mol. The van der Waals surface area contributed by atoms with Gasteiger partial charge in [0.15, 0.2) is 0 Å². The van der Waals surface area contributed by atoms with Gasteiger partial charge in [-0.3, -0.25) is 71.9 Å². The molecule has 0 bridgehead atoms. The van der Waals surface area contributed by atoms with E-state index in [4.69, 9.17) is 33.8 Å². The molecule has 0 fully saturated rings. The van der Waals surface area contributed by atoms with Crippen LogP contribution in [0.4, 0.5) is 0 Å². The highest BCUT2D eigenvalue weighted by molar-refractivity contribution is 6.01. The van der Waals surface area contributed by atoms with E-state index in [9.17, 15) is 118 Å². The Morgan fingerprint density at radius 3 is 0.634 bits per heavy atom. The molecule has 12 atom stereocenters. The van der Waals surface area contributed by atoms with Gasteiger partial charge in [-0.25, -0.2) is 4.79 Å². The lowest BCUT2D eigenvalue weighted by molar-refractivity contribution is -0.147. The number of carboxylic acids is 5. The largest absolute Gasteiger partial charge is 0.481 e. The molecule has 0 saturated carbocycles. The second-order valence-electron chi connectivity index (χ2n) is 20.9. The summed E-state index contributed by atoms with van der Waals surface area (Å²) in [6, 6.07) is -22.4. The van der Waals surface area contributed by atoms with E-state index >= 15 is 0 Å². The number of aliphatic hydroxyl groups excluding tert-OH is 4. The van der Waals surface area contributed by atoms with Gasteiger partial charge in [0.25, 0.3) is 0 Å². The minimum Gasteiger partial charge on any atom is -0.481 e. The molecule has 0 heterocycles. The van der Waals surface area contributed by atoms with Gasteiger partial charge in [-0.2, -0.15) is 0 Å². The van der Waals surface area contributed by atoms with E-state index in [1.54, 1.807) is 0 Å². The monoisotopic (exact) mass is 1340 g/mol. The van der Waals surface area contributed by atoms with Crippen molar-refractivity contribution in [2.75, 3.05) is 52.6 Å². The van der Waals surface area contributed by atoms with Crippen molar-refractivity contribution in [1.29, 1.82) is 0 Å². The van der Waals surface area contributed by atoms with Crippen molar-refractivity contribution < 1.29 is 123 Å². The second kappa shape index (κ2) is 46.3. The summed E-state index contributed by atoms with van der Waals surface area (Å²) in [5.41, 5.74) is 27.8. The van der Waals surface area contributed by atoms with Crippen LogP contribution in [0, 0.1) is 0 Å². The van der Waals surface area contributed by atoms with Crippen LogP contribution >= 0.6 is 0 Å². The molecule has 0 aromatic carbocycles. The summed E-state index contributed by atoms with van der Waals surface area (Å²) < 4.78 is 0. The first kappa shape index (κ1) is 84.2. The van der Waals surface area contributed by atoms with E-state index in [-0.39, 0.29) is 96.8 Å². The lowest BCUT2D eigenvalue weighted by Gasteiger charge is -2.27. The Morgan fingerprint density at radius 1 is 0.247 bits per heavy atom. The van der Waals surface area contributed by atoms with Gasteiger partial charge in [0, 0.05) is 0 Å². The van der Waals surface area contributed by atoms with E-state index in [0.29, 0.717) is 6.42 Å². The van der Waals surface area contributed by atoms with Gasteiger partial charge in [-0.15, -0.1) is 0 Å². The van der Waals surface area contributed by atoms with Crippen LogP contribution in [0.15, 0.2) is 0 Å². The molecule has 0 aromatic heterocycles. The number of carboxylic acid groups (broad SMARTS) is 5. The molecular weight excluding hydrogens is 1250 g/mol. The number of aliphatic carboxylic acids is 5. The molecule has 0 aromatic rings. The number of nitrogens with one attached hydrogen (secondary N) is 11. The molecule has 93 heavy (non-hydrogen) atoms. The molecule has 0 rings (SSSR count). The fourth-order valence-electron chi connectivity index (χ4n) is 8.24. The number of carbonyl (C=O) groups excluding carboxylic acids is 11. The molecule has 0 saturated heterocycles. The smallest absolute Gasteiger partial charge is 0.326 e. The maximum Gasteiger partial charge on any atom is 0.326 e. The van der Waals surface area contributed by atoms with Crippen molar-refractivity contribution in [3.05, 3.63) is 0 Å². The number of amides is 11. The lowest BCUT2D eigenvalue weighted by atomic mass is 10.1. The number of hydrogen-bond acceptors (Lipinski definition) is 25. The van der Waals surface area contributed by atoms with Crippen LogP contribution in [0.25, 0.3) is 0 Å². The number of rotatable bonds is 51. The van der Waals surface area contributed by atoms with Gasteiger partial charge in [0.1, 0.15) is 72.5 Å². The number of carbonyl (C=O) groups is 16. The fourth-order valence-corrected chi connectivity index (χ4v) is 8.24. The van der Waals surface area contributed by atoms with Gasteiger partial charge in [-0.1, -0.05) is 0 Å². The third kappa shape index (κ3) is 33.9. The molecule has 0 spiro atoms. The molecule has 0 radical (unpaired) electrons. The van der Waals surface area contributed by atoms with E-state index in [1.807, 2.05) is 21.3 Å². The minimum atomic E-state index is -2.15. The summed E-state index contributed by atoms with van der Waals surface area (Å²) >= 11 is 0. The first-order valence-corrected chi connectivity index (χ1v) is 29.3. The molecule has 0 aliphatic rings. The molecular formula is C52H90N16O25. The van der Waals surface area contributed by atoms with Crippen LogP contribution in [-0.2, 0) is 76.7 Å². The van der Waals surface area contributed by atoms with E-state index in [1.165, 1.54) is 0 Å². The van der Waals surface area contributed by atoms with E-state index in [2.05, 4.69) is 37.2 Å². The van der Waals surface area contributed by atoms with Crippen molar-refractivity contribution in [2.45, 2.75) is 175 Å². The minimum absolute atomic E-state index is 0.0267. The van der Waals surface area contributed by atoms with Gasteiger partial charge in [-0.05, 0) is 103 Å². The Kier molecular flexibility index (Phi) is 41.9. The van der Waals surface area contributed by atoms with Gasteiger partial charge < -0.3 is 133 Å². The highest BCUT2D eigenvalue weighted by Crippen LogP contribution is 2.10.